The number of rotatable bonds is 5. The normalized spacial score (nSPS) is 10.6. The number of aromatic amines is 1. The maximum atomic E-state index is 12.7. The first-order chi connectivity index (χ1) is 11.5. The first-order valence-corrected chi connectivity index (χ1v) is 8.76. The number of benzene rings is 1. The topological polar surface area (TPSA) is 172 Å². The van der Waals surface area contributed by atoms with E-state index in [1.54, 1.807) is 20.4 Å². The monoisotopic (exact) mass is 423 g/mol. The van der Waals surface area contributed by atoms with E-state index >= 15 is 0 Å². The fourth-order valence-electron chi connectivity index (χ4n) is 2.61. The number of pyridine rings is 1. The Labute approximate surface area is 181 Å². The Kier molecular flexibility index (Phi) is 12.1. The number of ether oxygens (including phenoxy) is 2. The summed E-state index contributed by atoms with van der Waals surface area (Å²) >= 11 is 0. The number of aromatic nitrogens is 3. The smallest absolute Gasteiger partial charge is 0.497 e. The molecular weight excluding hydrogens is 399 g/mol. The molecule has 0 aliphatic heterocycles. The number of imidazole rings is 1. The number of H-pyrrole nitrogens is 1. The van der Waals surface area contributed by atoms with Crippen molar-refractivity contribution >= 4 is 44.9 Å². The van der Waals surface area contributed by atoms with E-state index in [-0.39, 0.29) is 45.2 Å². The second-order valence-electron chi connectivity index (χ2n) is 5.46. The van der Waals surface area contributed by atoms with Crippen LogP contribution in [0.25, 0.3) is 11.0 Å². The van der Waals surface area contributed by atoms with Gasteiger partial charge >= 0.3 is 23.1 Å². The van der Waals surface area contributed by atoms with Crippen LogP contribution >= 0.6 is 0 Å². The van der Waals surface area contributed by atoms with Gasteiger partial charge in [-0.25, -0.2) is 4.98 Å². The van der Waals surface area contributed by atoms with Crippen molar-refractivity contribution in [1.29, 1.82) is 0 Å². The molecule has 0 aliphatic rings. The summed E-state index contributed by atoms with van der Waals surface area (Å²) < 4.78 is 23.3. The Bertz CT molecular complexity index is 935. The molecule has 2 heterocycles. The van der Waals surface area contributed by atoms with Gasteiger partial charge in [0.15, 0.2) is 5.16 Å². The van der Waals surface area contributed by atoms with Gasteiger partial charge in [-0.2, -0.15) is 0 Å². The van der Waals surface area contributed by atoms with Gasteiger partial charge in [0.2, 0.25) is 0 Å². The summed E-state index contributed by atoms with van der Waals surface area (Å²) in [7, 11) is 1.91. The summed E-state index contributed by atoms with van der Waals surface area (Å²) in [6.07, 6.45) is 1.74. The van der Waals surface area contributed by atoms with Crippen molar-refractivity contribution in [3.63, 3.8) is 0 Å². The van der Waals surface area contributed by atoms with Crippen molar-refractivity contribution in [3.05, 3.63) is 41.2 Å². The van der Waals surface area contributed by atoms with E-state index in [9.17, 15) is 4.21 Å². The fraction of sp³-hybridized carbons (Fsp3) is 0.294. The molecule has 3 rings (SSSR count). The maximum absolute atomic E-state index is 12.7. The van der Waals surface area contributed by atoms with Crippen LogP contribution in [0.2, 0.25) is 0 Å². The van der Waals surface area contributed by atoms with Crippen LogP contribution < -0.4 is 9.47 Å². The Morgan fingerprint density at radius 2 is 1.79 bits per heavy atom. The number of hydrogen-bond donors (Lipinski definition) is 1. The van der Waals surface area contributed by atoms with E-state index in [2.05, 4.69) is 15.0 Å². The van der Waals surface area contributed by atoms with E-state index in [0.717, 1.165) is 39.4 Å². The van der Waals surface area contributed by atoms with Gasteiger partial charge in [-0.05, 0) is 26.0 Å². The van der Waals surface area contributed by atoms with E-state index < -0.39 is 10.8 Å². The van der Waals surface area contributed by atoms with E-state index in [1.807, 2.05) is 32.0 Å². The molecule has 1 unspecified atom stereocenters. The third kappa shape index (κ3) is 5.62. The molecule has 3 aromatic rings. The number of hydrogen-bond acceptors (Lipinski definition) is 5. The Morgan fingerprint density at radius 1 is 1.11 bits per heavy atom. The van der Waals surface area contributed by atoms with Crippen LogP contribution in [0.4, 0.5) is 0 Å². The Morgan fingerprint density at radius 3 is 2.39 bits per heavy atom. The molecule has 0 radical (unpaired) electrons. The van der Waals surface area contributed by atoms with Crippen molar-refractivity contribution < 1.29 is 30.1 Å². The van der Waals surface area contributed by atoms with Crippen molar-refractivity contribution in [2.24, 2.45) is 0 Å². The number of methoxy groups -OCH3 is 2. The number of fused-ring (bicyclic) bond motifs is 1. The van der Waals surface area contributed by atoms with Gasteiger partial charge in [0.1, 0.15) is 11.5 Å². The second kappa shape index (κ2) is 11.9. The summed E-state index contributed by atoms with van der Waals surface area (Å²) in [5.41, 5.74) is 4.16. The fourth-order valence-corrected chi connectivity index (χ4v) is 3.71. The molecule has 0 spiro atoms. The predicted molar refractivity (Wildman–Crippen MR) is 110 cm³/mol. The quantitative estimate of drug-likeness (QED) is 0.570. The zero-order chi connectivity index (χ0) is 17.3. The summed E-state index contributed by atoms with van der Waals surface area (Å²) in [6, 6.07) is 5.50. The molecule has 0 saturated carbocycles. The molecular formula is C17H25MgN3O6S+2. The first-order valence-electron chi connectivity index (χ1n) is 7.44. The average molecular weight is 424 g/mol. The van der Waals surface area contributed by atoms with Crippen LogP contribution in [0.3, 0.4) is 0 Å². The second-order valence-corrected chi connectivity index (χ2v) is 6.83. The van der Waals surface area contributed by atoms with Gasteiger partial charge in [-0.3, -0.25) is 9.19 Å². The molecule has 0 saturated heterocycles. The van der Waals surface area contributed by atoms with Gasteiger partial charge in [0, 0.05) is 23.4 Å². The number of aryl methyl sites for hydroxylation is 1. The van der Waals surface area contributed by atoms with Crippen molar-refractivity contribution in [2.75, 3.05) is 14.2 Å². The van der Waals surface area contributed by atoms with Crippen molar-refractivity contribution in [1.82, 2.24) is 15.0 Å². The largest absolute Gasteiger partial charge is 2.00 e. The molecule has 2 aromatic heterocycles. The molecule has 1 atom stereocenters. The van der Waals surface area contributed by atoms with Crippen molar-refractivity contribution in [2.45, 2.75) is 24.8 Å². The van der Waals surface area contributed by atoms with Crippen LogP contribution in [0.5, 0.6) is 11.5 Å². The molecule has 11 heteroatoms. The Balaban J connectivity index is 0. The van der Waals surface area contributed by atoms with Crippen LogP contribution in [0.15, 0.2) is 29.6 Å². The van der Waals surface area contributed by atoms with Crippen LogP contribution in [-0.4, -0.2) is 72.9 Å². The average Bonchev–Trinajstić information content (AvgIpc) is 3.01. The molecule has 28 heavy (non-hydrogen) atoms. The zero-order valence-electron chi connectivity index (χ0n) is 16.3. The van der Waals surface area contributed by atoms with Gasteiger partial charge < -0.3 is 30.9 Å². The van der Waals surface area contributed by atoms with Crippen LogP contribution in [0.1, 0.15) is 16.8 Å². The van der Waals surface area contributed by atoms with Gasteiger partial charge in [-0.15, -0.1) is 0 Å². The predicted octanol–water partition coefficient (Wildman–Crippen LogP) is 0.0448. The third-order valence-corrected chi connectivity index (χ3v) is 5.06. The molecule has 150 valence electrons. The minimum Gasteiger partial charge on any atom is -0.497 e. The molecule has 0 fully saturated rings. The van der Waals surface area contributed by atoms with Gasteiger partial charge in [0.25, 0.3) is 0 Å². The van der Waals surface area contributed by atoms with E-state index in [4.69, 9.17) is 9.47 Å². The molecule has 0 aliphatic carbocycles. The molecule has 9 nitrogen and oxygen atoms in total. The maximum Gasteiger partial charge on any atom is 2.00 e. The minimum absolute atomic E-state index is 0. The summed E-state index contributed by atoms with van der Waals surface area (Å²) in [5.74, 6) is 1.79. The van der Waals surface area contributed by atoms with Crippen LogP contribution in [0, 0.1) is 13.8 Å². The molecule has 1 aromatic carbocycles. The van der Waals surface area contributed by atoms with Crippen molar-refractivity contribution in [3.8, 4) is 11.5 Å². The van der Waals surface area contributed by atoms with Crippen LogP contribution in [-0.2, 0) is 16.6 Å². The SMILES string of the molecule is COc1ccc2nc(S(=O)Cc3ncc(C)c(OC)c3C)[nH]c2c1.O.O.O.[Mg+2]. The zero-order valence-corrected chi connectivity index (χ0v) is 18.5. The summed E-state index contributed by atoms with van der Waals surface area (Å²) in [6.45, 7) is 3.86. The van der Waals surface area contributed by atoms with E-state index in [1.165, 1.54) is 0 Å². The van der Waals surface area contributed by atoms with Gasteiger partial charge in [-0.1, -0.05) is 0 Å². The minimum atomic E-state index is -1.33. The first kappa shape index (κ1) is 28.4. The standard InChI is InChI=1S/C17H19N3O3S.Mg.3H2O/c1-10-8-18-15(11(2)16(10)23-4)9-24(21)17-19-13-6-5-12(22-3)7-14(13)20-17;;;;/h5-8H,9H2,1-4H3,(H,19,20);;3*1H2/q;+2;;;. The van der Waals surface area contributed by atoms with E-state index in [0.29, 0.717) is 5.16 Å². The summed E-state index contributed by atoms with van der Waals surface area (Å²) in [4.78, 5) is 11.9. The third-order valence-electron chi connectivity index (χ3n) is 3.90. The molecule has 7 N–H and O–H groups in total. The number of nitrogens with one attached hydrogen (secondary N) is 1. The molecule has 0 amide bonds. The Hall–Kier alpha value is -1.76. The molecule has 0 bridgehead atoms. The number of nitrogens with zero attached hydrogens (tertiary/aromatic N) is 2. The van der Waals surface area contributed by atoms with Gasteiger partial charge in [0.05, 0.1) is 47.5 Å². The summed E-state index contributed by atoms with van der Waals surface area (Å²) in [5, 5.41) is 0.430.